The minimum Gasteiger partial charge on any atom is -0.383 e. The molecule has 0 aliphatic carbocycles. The molecule has 0 aliphatic rings. The lowest BCUT2D eigenvalue weighted by Crippen LogP contribution is -2.03. The molecule has 4 nitrogen and oxygen atoms in total. The van der Waals surface area contributed by atoms with E-state index < -0.39 is 0 Å². The highest BCUT2D eigenvalue weighted by Gasteiger charge is 2.11. The normalized spacial score (nSPS) is 11.1. The maximum absolute atomic E-state index is 5.95. The molecule has 0 saturated carbocycles. The molecule has 0 atom stereocenters. The van der Waals surface area contributed by atoms with Crippen molar-refractivity contribution in [2.75, 3.05) is 5.73 Å². The van der Waals surface area contributed by atoms with Gasteiger partial charge in [0.2, 0.25) is 0 Å². The molecule has 2 aromatic heterocycles. The molecular weight excluding hydrogens is 176 g/mol. The lowest BCUT2D eigenvalue weighted by Gasteiger charge is -2.06. The second-order valence-corrected chi connectivity index (χ2v) is 3.61. The van der Waals surface area contributed by atoms with E-state index in [1.54, 1.807) is 0 Å². The second kappa shape index (κ2) is 2.70. The summed E-state index contributed by atoms with van der Waals surface area (Å²) in [5.41, 5.74) is 10.7. The van der Waals surface area contributed by atoms with Crippen molar-refractivity contribution in [1.29, 1.82) is 0 Å². The van der Waals surface area contributed by atoms with Crippen LogP contribution in [0.5, 0.6) is 0 Å². The van der Waals surface area contributed by atoms with Crippen LogP contribution < -0.4 is 5.73 Å². The Hall–Kier alpha value is -1.58. The fraction of sp³-hybridized carbons (Fsp3) is 0.400. The number of hydrogen-bond donors (Lipinski definition) is 1. The van der Waals surface area contributed by atoms with Crippen molar-refractivity contribution < 1.29 is 0 Å². The van der Waals surface area contributed by atoms with Crippen LogP contribution in [0.25, 0.3) is 5.65 Å². The van der Waals surface area contributed by atoms with E-state index in [1.807, 2.05) is 32.1 Å². The van der Waals surface area contributed by atoms with Crippen LogP contribution in [0.1, 0.15) is 22.8 Å². The van der Waals surface area contributed by atoms with Crippen molar-refractivity contribution in [2.45, 2.75) is 27.7 Å². The summed E-state index contributed by atoms with van der Waals surface area (Å²) in [4.78, 5) is 8.81. The summed E-state index contributed by atoms with van der Waals surface area (Å²) in [5.74, 6) is 0.714. The maximum atomic E-state index is 5.95. The highest BCUT2D eigenvalue weighted by atomic mass is 15.1. The molecule has 0 amide bonds. The monoisotopic (exact) mass is 190 g/mol. The zero-order chi connectivity index (χ0) is 10.5. The topological polar surface area (TPSA) is 56.2 Å². The first-order valence-corrected chi connectivity index (χ1v) is 4.60. The molecule has 0 bridgehead atoms. The molecule has 0 aliphatic heterocycles. The van der Waals surface area contributed by atoms with Gasteiger partial charge in [-0.2, -0.15) is 0 Å². The lowest BCUT2D eigenvalue weighted by atomic mass is 10.3. The van der Waals surface area contributed by atoms with Gasteiger partial charge in [0.1, 0.15) is 5.82 Å². The summed E-state index contributed by atoms with van der Waals surface area (Å²) < 4.78 is 1.97. The van der Waals surface area contributed by atoms with Gasteiger partial charge in [-0.1, -0.05) is 0 Å². The molecule has 2 aromatic rings. The smallest absolute Gasteiger partial charge is 0.160 e. The highest BCUT2D eigenvalue weighted by molar-refractivity contribution is 5.56. The molecule has 74 valence electrons. The minimum atomic E-state index is 0.714. The van der Waals surface area contributed by atoms with Gasteiger partial charge >= 0.3 is 0 Å². The number of hydrogen-bond acceptors (Lipinski definition) is 3. The number of aromatic nitrogens is 3. The second-order valence-electron chi connectivity index (χ2n) is 3.61. The van der Waals surface area contributed by atoms with Gasteiger partial charge in [-0.25, -0.2) is 4.98 Å². The van der Waals surface area contributed by atoms with Gasteiger partial charge in [0, 0.05) is 5.69 Å². The van der Waals surface area contributed by atoms with E-state index in [4.69, 9.17) is 5.73 Å². The molecular formula is C10H14N4. The summed E-state index contributed by atoms with van der Waals surface area (Å²) in [5, 5.41) is 0. The number of fused-ring (bicyclic) bond motifs is 1. The molecule has 4 heteroatoms. The van der Waals surface area contributed by atoms with E-state index in [9.17, 15) is 0 Å². The molecule has 0 unspecified atom stereocenters. The quantitative estimate of drug-likeness (QED) is 0.685. The van der Waals surface area contributed by atoms with E-state index in [0.717, 1.165) is 28.4 Å². The Bertz CT molecular complexity index is 511. The van der Waals surface area contributed by atoms with Crippen molar-refractivity contribution in [3.05, 3.63) is 22.8 Å². The summed E-state index contributed by atoms with van der Waals surface area (Å²) >= 11 is 0. The zero-order valence-electron chi connectivity index (χ0n) is 8.92. The molecule has 0 saturated heterocycles. The Morgan fingerprint density at radius 1 is 0.929 bits per heavy atom. The minimum absolute atomic E-state index is 0.714. The van der Waals surface area contributed by atoms with E-state index in [-0.39, 0.29) is 0 Å². The molecule has 0 fully saturated rings. The lowest BCUT2D eigenvalue weighted by molar-refractivity contribution is 0.974. The number of imidazole rings is 1. The van der Waals surface area contributed by atoms with Crippen LogP contribution in [0.15, 0.2) is 0 Å². The van der Waals surface area contributed by atoms with Gasteiger partial charge in [-0.15, -0.1) is 0 Å². The van der Waals surface area contributed by atoms with Gasteiger partial charge < -0.3 is 5.73 Å². The average molecular weight is 190 g/mol. The largest absolute Gasteiger partial charge is 0.383 e. The molecule has 0 aromatic carbocycles. The molecule has 2 N–H and O–H groups in total. The van der Waals surface area contributed by atoms with Gasteiger partial charge in [-0.05, 0) is 27.7 Å². The molecule has 0 spiro atoms. The van der Waals surface area contributed by atoms with E-state index in [2.05, 4.69) is 9.97 Å². The number of anilines is 1. The first kappa shape index (κ1) is 8.99. The van der Waals surface area contributed by atoms with Crippen LogP contribution >= 0.6 is 0 Å². The summed E-state index contributed by atoms with van der Waals surface area (Å²) in [6, 6.07) is 0. The van der Waals surface area contributed by atoms with Crippen LogP contribution in [0.3, 0.4) is 0 Å². The summed E-state index contributed by atoms with van der Waals surface area (Å²) in [7, 11) is 0. The average Bonchev–Trinajstić information content (AvgIpc) is 2.41. The van der Waals surface area contributed by atoms with Crippen LogP contribution in [0, 0.1) is 27.7 Å². The molecule has 14 heavy (non-hydrogen) atoms. The first-order valence-electron chi connectivity index (χ1n) is 4.60. The third-order valence-electron chi connectivity index (χ3n) is 2.62. The van der Waals surface area contributed by atoms with Gasteiger partial charge in [0.25, 0.3) is 0 Å². The first-order chi connectivity index (χ1) is 6.52. The molecule has 2 heterocycles. The zero-order valence-corrected chi connectivity index (χ0v) is 8.92. The standard InChI is InChI=1S/C10H14N4/c1-5-8(4)14-9(11)6(2)13-10(14)7(3)12-5/h11H2,1-4H3. The predicted molar refractivity (Wildman–Crippen MR) is 56.3 cm³/mol. The Balaban J connectivity index is 3.03. The Morgan fingerprint density at radius 2 is 1.57 bits per heavy atom. The predicted octanol–water partition coefficient (Wildman–Crippen LogP) is 1.55. The Labute approximate surface area is 82.8 Å². The summed E-state index contributed by atoms with van der Waals surface area (Å²) in [6.45, 7) is 7.85. The van der Waals surface area contributed by atoms with Gasteiger partial charge in [-0.3, -0.25) is 9.38 Å². The van der Waals surface area contributed by atoms with Crippen molar-refractivity contribution in [1.82, 2.24) is 14.4 Å². The van der Waals surface area contributed by atoms with E-state index in [0.29, 0.717) is 5.82 Å². The van der Waals surface area contributed by atoms with Crippen LogP contribution in [-0.4, -0.2) is 14.4 Å². The number of nitrogens with zero attached hydrogens (tertiary/aromatic N) is 3. The Morgan fingerprint density at radius 3 is 2.21 bits per heavy atom. The fourth-order valence-electron chi connectivity index (χ4n) is 1.67. The molecule has 2 rings (SSSR count). The van der Waals surface area contributed by atoms with E-state index in [1.165, 1.54) is 0 Å². The number of nitrogens with two attached hydrogens (primary N) is 1. The van der Waals surface area contributed by atoms with Crippen molar-refractivity contribution in [3.8, 4) is 0 Å². The number of nitrogen functional groups attached to an aromatic ring is 1. The van der Waals surface area contributed by atoms with E-state index >= 15 is 0 Å². The molecule has 0 radical (unpaired) electrons. The van der Waals surface area contributed by atoms with Crippen molar-refractivity contribution >= 4 is 11.5 Å². The highest BCUT2D eigenvalue weighted by Crippen LogP contribution is 2.19. The fourth-order valence-corrected chi connectivity index (χ4v) is 1.67. The third kappa shape index (κ3) is 0.999. The van der Waals surface area contributed by atoms with Gasteiger partial charge in [0.05, 0.1) is 17.1 Å². The van der Waals surface area contributed by atoms with Crippen LogP contribution in [0.2, 0.25) is 0 Å². The van der Waals surface area contributed by atoms with Crippen molar-refractivity contribution in [2.24, 2.45) is 0 Å². The van der Waals surface area contributed by atoms with Crippen LogP contribution in [-0.2, 0) is 0 Å². The van der Waals surface area contributed by atoms with Gasteiger partial charge in [0.15, 0.2) is 5.65 Å². The maximum Gasteiger partial charge on any atom is 0.160 e. The summed E-state index contributed by atoms with van der Waals surface area (Å²) in [6.07, 6.45) is 0. The Kier molecular flexibility index (Phi) is 1.74. The van der Waals surface area contributed by atoms with Crippen molar-refractivity contribution in [3.63, 3.8) is 0 Å². The number of rotatable bonds is 0. The number of aryl methyl sites for hydroxylation is 4. The third-order valence-corrected chi connectivity index (χ3v) is 2.62. The SMILES string of the molecule is Cc1nc(C)c2nc(C)c(N)n2c1C. The van der Waals surface area contributed by atoms with Crippen LogP contribution in [0.4, 0.5) is 5.82 Å².